The van der Waals surface area contributed by atoms with Crippen molar-refractivity contribution in [2.45, 2.75) is 40.7 Å². The van der Waals surface area contributed by atoms with Gasteiger partial charge >= 0.3 is 0 Å². The summed E-state index contributed by atoms with van der Waals surface area (Å²) in [6.07, 6.45) is -0.0768. The minimum Gasteiger partial charge on any atom is -0.502 e. The maximum absolute atomic E-state index is 13.0. The molecule has 0 fully saturated rings. The van der Waals surface area contributed by atoms with Crippen LogP contribution in [0, 0.1) is 12.7 Å². The van der Waals surface area contributed by atoms with E-state index in [1.807, 2.05) is 27.7 Å². The average molecular weight is 214 g/mol. The lowest BCUT2D eigenvalue weighted by Crippen LogP contribution is -2.06. The largest absolute Gasteiger partial charge is 0.502 e. The van der Waals surface area contributed by atoms with Gasteiger partial charge in [0.05, 0.1) is 6.10 Å². The van der Waals surface area contributed by atoms with Crippen LogP contribution in [0.5, 0.6) is 11.5 Å². The Morgan fingerprint density at radius 1 is 1.27 bits per heavy atom. The van der Waals surface area contributed by atoms with Gasteiger partial charge in [-0.25, -0.2) is 4.39 Å². The van der Waals surface area contributed by atoms with Gasteiger partial charge in [0.2, 0.25) is 0 Å². The van der Waals surface area contributed by atoms with Crippen molar-refractivity contribution in [1.82, 2.24) is 0 Å². The first-order chi connectivity index (χ1) is 7.00. The van der Waals surface area contributed by atoms with Gasteiger partial charge < -0.3 is 9.84 Å². The molecule has 0 spiro atoms. The molecule has 0 amide bonds. The first-order valence-electron chi connectivity index (χ1n) is 5.16. The molecule has 0 aliphatic carbocycles. The predicted molar refractivity (Wildman–Crippen MR) is 59.9 cm³/mol. The fraction of sp³-hybridized carbons (Fsp3) is 0.500. The van der Waals surface area contributed by atoms with Crippen LogP contribution < -0.4 is 4.74 Å². The molecule has 0 aliphatic heterocycles. The van der Waals surface area contributed by atoms with Crippen molar-refractivity contribution < 1.29 is 14.2 Å². The minimum atomic E-state index is -0.643. The third-order valence-electron chi connectivity index (χ3n) is 1.54. The highest BCUT2D eigenvalue weighted by atomic mass is 19.1. The molecule has 3 heteroatoms. The molecule has 2 nitrogen and oxygen atoms in total. The maximum atomic E-state index is 13.0. The molecule has 0 saturated heterocycles. The highest BCUT2D eigenvalue weighted by molar-refractivity contribution is 5.42. The van der Waals surface area contributed by atoms with Crippen LogP contribution in [0.15, 0.2) is 12.1 Å². The fourth-order valence-corrected chi connectivity index (χ4v) is 1.05. The normalized spacial score (nSPS) is 9.53. The Kier molecular flexibility index (Phi) is 5.75. The molecule has 0 aliphatic rings. The van der Waals surface area contributed by atoms with Crippen LogP contribution in [0.4, 0.5) is 4.39 Å². The van der Waals surface area contributed by atoms with E-state index in [2.05, 4.69) is 0 Å². The summed E-state index contributed by atoms with van der Waals surface area (Å²) in [6, 6.07) is 2.88. The molecule has 0 aromatic heterocycles. The summed E-state index contributed by atoms with van der Waals surface area (Å²) in [6.45, 7) is 9.38. The van der Waals surface area contributed by atoms with E-state index in [4.69, 9.17) is 4.74 Å². The first kappa shape index (κ1) is 13.8. The molecule has 0 radical (unpaired) electrons. The topological polar surface area (TPSA) is 29.5 Å². The Labute approximate surface area is 90.7 Å². The highest BCUT2D eigenvalue weighted by Crippen LogP contribution is 2.30. The number of benzene rings is 1. The van der Waals surface area contributed by atoms with Gasteiger partial charge in [0, 0.05) is 0 Å². The SMILES string of the molecule is CC.Cc1cc(F)c(O)c(OC(C)C)c1. The Morgan fingerprint density at radius 3 is 2.27 bits per heavy atom. The summed E-state index contributed by atoms with van der Waals surface area (Å²) in [7, 11) is 0. The number of phenols is 1. The molecule has 0 bridgehead atoms. The van der Waals surface area contributed by atoms with Gasteiger partial charge in [-0.15, -0.1) is 0 Å². The molecule has 0 heterocycles. The number of rotatable bonds is 2. The number of aryl methyl sites for hydroxylation is 1. The van der Waals surface area contributed by atoms with Crippen molar-refractivity contribution in [2.24, 2.45) is 0 Å². The molecule has 15 heavy (non-hydrogen) atoms. The highest BCUT2D eigenvalue weighted by Gasteiger charge is 2.10. The zero-order valence-corrected chi connectivity index (χ0v) is 9.97. The average Bonchev–Trinajstić information content (AvgIpc) is 2.16. The minimum absolute atomic E-state index is 0.0768. The molecule has 1 rings (SSSR count). The third kappa shape index (κ3) is 4.19. The van der Waals surface area contributed by atoms with Crippen LogP contribution >= 0.6 is 0 Å². The summed E-state index contributed by atoms with van der Waals surface area (Å²) in [4.78, 5) is 0. The Bertz CT molecular complexity index is 309. The quantitative estimate of drug-likeness (QED) is 0.814. The van der Waals surface area contributed by atoms with E-state index >= 15 is 0 Å². The number of hydrogen-bond donors (Lipinski definition) is 1. The van der Waals surface area contributed by atoms with Gasteiger partial charge in [-0.2, -0.15) is 0 Å². The summed E-state index contributed by atoms with van der Waals surface area (Å²) in [5, 5.41) is 9.27. The van der Waals surface area contributed by atoms with E-state index in [1.165, 1.54) is 6.07 Å². The lowest BCUT2D eigenvalue weighted by atomic mass is 10.2. The van der Waals surface area contributed by atoms with E-state index in [9.17, 15) is 9.50 Å². The number of aromatic hydroxyl groups is 1. The van der Waals surface area contributed by atoms with Gasteiger partial charge in [-0.1, -0.05) is 13.8 Å². The summed E-state index contributed by atoms with van der Waals surface area (Å²) >= 11 is 0. The van der Waals surface area contributed by atoms with E-state index < -0.39 is 11.6 Å². The van der Waals surface area contributed by atoms with Crippen LogP contribution in [0.3, 0.4) is 0 Å². The van der Waals surface area contributed by atoms with Gasteiger partial charge in [0.25, 0.3) is 0 Å². The molecule has 0 atom stereocenters. The fourth-order valence-electron chi connectivity index (χ4n) is 1.05. The number of phenolic OH excluding ortho intramolecular Hbond substituents is 1. The molecular weight excluding hydrogens is 195 g/mol. The number of halogens is 1. The number of hydrogen-bond acceptors (Lipinski definition) is 2. The van der Waals surface area contributed by atoms with Crippen molar-refractivity contribution in [3.8, 4) is 11.5 Å². The van der Waals surface area contributed by atoms with Gasteiger partial charge in [-0.05, 0) is 38.5 Å². The van der Waals surface area contributed by atoms with Crippen molar-refractivity contribution in [2.75, 3.05) is 0 Å². The van der Waals surface area contributed by atoms with Crippen molar-refractivity contribution in [3.63, 3.8) is 0 Å². The predicted octanol–water partition coefficient (Wildman–Crippen LogP) is 3.65. The van der Waals surface area contributed by atoms with Crippen LogP contribution in [-0.2, 0) is 0 Å². The molecule has 86 valence electrons. The van der Waals surface area contributed by atoms with Gasteiger partial charge in [0.1, 0.15) is 0 Å². The Hall–Kier alpha value is -1.25. The van der Waals surface area contributed by atoms with Gasteiger partial charge in [-0.3, -0.25) is 0 Å². The lowest BCUT2D eigenvalue weighted by Gasteiger charge is -2.12. The molecule has 0 saturated carbocycles. The second-order valence-corrected chi connectivity index (χ2v) is 3.26. The van der Waals surface area contributed by atoms with E-state index in [0.29, 0.717) is 0 Å². The summed E-state index contributed by atoms with van der Waals surface area (Å²) in [5.41, 5.74) is 0.728. The van der Waals surface area contributed by atoms with Crippen LogP contribution in [0.1, 0.15) is 33.3 Å². The van der Waals surface area contributed by atoms with E-state index in [-0.39, 0.29) is 11.9 Å². The van der Waals surface area contributed by atoms with Crippen LogP contribution in [-0.4, -0.2) is 11.2 Å². The zero-order valence-electron chi connectivity index (χ0n) is 9.97. The zero-order chi connectivity index (χ0) is 12.0. The maximum Gasteiger partial charge on any atom is 0.194 e. The van der Waals surface area contributed by atoms with E-state index in [0.717, 1.165) is 5.56 Å². The molecule has 1 aromatic carbocycles. The Morgan fingerprint density at radius 2 is 1.80 bits per heavy atom. The third-order valence-corrected chi connectivity index (χ3v) is 1.54. The van der Waals surface area contributed by atoms with Gasteiger partial charge in [0.15, 0.2) is 17.3 Å². The second kappa shape index (κ2) is 6.27. The molecule has 1 N–H and O–H groups in total. The monoisotopic (exact) mass is 214 g/mol. The number of ether oxygens (including phenoxy) is 1. The smallest absolute Gasteiger partial charge is 0.194 e. The van der Waals surface area contributed by atoms with Crippen molar-refractivity contribution in [1.29, 1.82) is 0 Å². The molecular formula is C12H19FO2. The van der Waals surface area contributed by atoms with Crippen molar-refractivity contribution >= 4 is 0 Å². The first-order valence-corrected chi connectivity index (χ1v) is 5.16. The molecule has 0 unspecified atom stereocenters. The second-order valence-electron chi connectivity index (χ2n) is 3.26. The summed E-state index contributed by atoms with van der Waals surface area (Å²) in [5.74, 6) is -0.859. The molecule has 1 aromatic rings. The Balaban J connectivity index is 0.000000921. The standard InChI is InChI=1S/C10H13FO2.C2H6/c1-6(2)13-9-5-7(3)4-8(11)10(9)12;1-2/h4-6,12H,1-3H3;1-2H3. The lowest BCUT2D eigenvalue weighted by molar-refractivity contribution is 0.228. The van der Waals surface area contributed by atoms with E-state index in [1.54, 1.807) is 13.0 Å². The van der Waals surface area contributed by atoms with Crippen LogP contribution in [0.25, 0.3) is 0 Å². The van der Waals surface area contributed by atoms with Crippen molar-refractivity contribution in [3.05, 3.63) is 23.5 Å². The van der Waals surface area contributed by atoms with Crippen LogP contribution in [0.2, 0.25) is 0 Å². The summed E-state index contributed by atoms with van der Waals surface area (Å²) < 4.78 is 18.2.